The zero-order valence-electron chi connectivity index (χ0n) is 12.4. The molecule has 0 unspecified atom stereocenters. The van der Waals surface area contributed by atoms with Gasteiger partial charge >= 0.3 is 0 Å². The number of rotatable bonds is 8. The number of aliphatic hydroxyl groups excluding tert-OH is 1. The molecule has 0 aliphatic rings. The van der Waals surface area contributed by atoms with E-state index in [1.807, 2.05) is 42.5 Å². The van der Waals surface area contributed by atoms with E-state index in [4.69, 9.17) is 5.11 Å². The van der Waals surface area contributed by atoms with E-state index in [9.17, 15) is 8.42 Å². The Hall–Kier alpha value is -1.69. The van der Waals surface area contributed by atoms with Crippen LogP contribution >= 0.6 is 0 Å². The van der Waals surface area contributed by atoms with Gasteiger partial charge < -0.3 is 5.11 Å². The lowest BCUT2D eigenvalue weighted by atomic mass is 10.1. The van der Waals surface area contributed by atoms with Gasteiger partial charge in [0.2, 0.25) is 10.0 Å². The Morgan fingerprint density at radius 2 is 1.45 bits per heavy atom. The van der Waals surface area contributed by atoms with Crippen molar-refractivity contribution in [1.82, 2.24) is 4.72 Å². The van der Waals surface area contributed by atoms with Crippen LogP contribution < -0.4 is 4.72 Å². The van der Waals surface area contributed by atoms with Crippen molar-refractivity contribution in [2.75, 3.05) is 13.2 Å². The Balaban J connectivity index is 2.00. The second kappa shape index (κ2) is 8.08. The first-order valence-corrected chi connectivity index (χ1v) is 8.88. The Bertz CT molecular complexity index is 667. The summed E-state index contributed by atoms with van der Waals surface area (Å²) in [5.74, 6) is 0. The monoisotopic (exact) mass is 319 g/mol. The van der Waals surface area contributed by atoms with Crippen LogP contribution in [0, 0.1) is 0 Å². The Kier molecular flexibility index (Phi) is 6.12. The number of aliphatic hydroxyl groups is 1. The lowest BCUT2D eigenvalue weighted by Gasteiger charge is -2.08. The van der Waals surface area contributed by atoms with Crippen molar-refractivity contribution in [2.24, 2.45) is 0 Å². The van der Waals surface area contributed by atoms with Crippen LogP contribution in [0.5, 0.6) is 0 Å². The normalized spacial score (nSPS) is 11.5. The molecule has 0 aliphatic carbocycles. The van der Waals surface area contributed by atoms with Gasteiger partial charge in [-0.25, -0.2) is 13.1 Å². The van der Waals surface area contributed by atoms with Crippen LogP contribution in [0.4, 0.5) is 0 Å². The van der Waals surface area contributed by atoms with E-state index < -0.39 is 10.0 Å². The largest absolute Gasteiger partial charge is 0.396 e. The quantitative estimate of drug-likeness (QED) is 0.735. The van der Waals surface area contributed by atoms with Gasteiger partial charge in [-0.15, -0.1) is 0 Å². The van der Waals surface area contributed by atoms with Gasteiger partial charge in [-0.3, -0.25) is 0 Å². The maximum Gasteiger partial charge on any atom is 0.240 e. The minimum atomic E-state index is -3.46. The van der Waals surface area contributed by atoms with E-state index in [-0.39, 0.29) is 11.5 Å². The minimum absolute atomic E-state index is 0.147. The van der Waals surface area contributed by atoms with E-state index in [1.54, 1.807) is 12.1 Å². The third-order valence-corrected chi connectivity index (χ3v) is 4.88. The second-order valence-electron chi connectivity index (χ2n) is 5.07. The minimum Gasteiger partial charge on any atom is -0.396 e. The van der Waals surface area contributed by atoms with Crippen molar-refractivity contribution in [2.45, 2.75) is 24.2 Å². The Morgan fingerprint density at radius 1 is 0.818 bits per heavy atom. The summed E-state index contributed by atoms with van der Waals surface area (Å²) in [6.07, 6.45) is 2.24. The summed E-state index contributed by atoms with van der Waals surface area (Å²) in [6.45, 7) is 0.538. The molecule has 22 heavy (non-hydrogen) atoms. The highest BCUT2D eigenvalue weighted by atomic mass is 32.2. The van der Waals surface area contributed by atoms with Crippen LogP contribution in [0.1, 0.15) is 19.3 Å². The van der Waals surface area contributed by atoms with E-state index in [0.717, 1.165) is 24.0 Å². The van der Waals surface area contributed by atoms with Crippen molar-refractivity contribution in [3.63, 3.8) is 0 Å². The molecule has 0 heterocycles. The van der Waals surface area contributed by atoms with Gasteiger partial charge in [-0.05, 0) is 42.5 Å². The third kappa shape index (κ3) is 4.66. The molecule has 0 bridgehead atoms. The first-order chi connectivity index (χ1) is 10.6. The summed E-state index contributed by atoms with van der Waals surface area (Å²) in [6, 6.07) is 16.7. The van der Waals surface area contributed by atoms with E-state index >= 15 is 0 Å². The molecule has 118 valence electrons. The topological polar surface area (TPSA) is 66.4 Å². The van der Waals surface area contributed by atoms with Gasteiger partial charge in [0.25, 0.3) is 0 Å². The highest BCUT2D eigenvalue weighted by Gasteiger charge is 2.12. The zero-order valence-corrected chi connectivity index (χ0v) is 13.2. The molecular weight excluding hydrogens is 298 g/mol. The maximum atomic E-state index is 12.2. The molecule has 2 N–H and O–H groups in total. The number of benzene rings is 2. The van der Waals surface area contributed by atoms with Crippen molar-refractivity contribution >= 4 is 10.0 Å². The SMILES string of the molecule is O=S(=O)(NCCCCCO)c1ccc(-c2ccccc2)cc1. The molecule has 0 spiro atoms. The Labute approximate surface area is 131 Å². The number of nitrogens with one attached hydrogen (secondary N) is 1. The van der Waals surface area contributed by atoms with Gasteiger partial charge in [-0.1, -0.05) is 42.5 Å². The summed E-state index contributed by atoms with van der Waals surface area (Å²) >= 11 is 0. The standard InChI is InChI=1S/C17H21NO3S/c19-14-6-2-5-13-18-22(20,21)17-11-9-16(10-12-17)15-7-3-1-4-8-15/h1,3-4,7-12,18-19H,2,5-6,13-14H2. The predicted octanol–water partition coefficient (Wildman–Crippen LogP) is 2.79. The molecule has 2 aromatic carbocycles. The molecule has 0 atom stereocenters. The van der Waals surface area contributed by atoms with Crippen LogP contribution in [0.3, 0.4) is 0 Å². The number of hydrogen-bond acceptors (Lipinski definition) is 3. The summed E-state index contributed by atoms with van der Waals surface area (Å²) in [5, 5.41) is 8.68. The lowest BCUT2D eigenvalue weighted by Crippen LogP contribution is -2.24. The van der Waals surface area contributed by atoms with Crippen LogP contribution in [-0.4, -0.2) is 26.7 Å². The molecule has 0 aromatic heterocycles. The van der Waals surface area contributed by atoms with Crippen LogP contribution in [-0.2, 0) is 10.0 Å². The zero-order chi connectivity index (χ0) is 15.8. The summed E-state index contributed by atoms with van der Waals surface area (Å²) in [5.41, 5.74) is 2.05. The molecule has 0 saturated carbocycles. The fourth-order valence-electron chi connectivity index (χ4n) is 2.16. The molecule has 0 aliphatic heterocycles. The number of sulfonamides is 1. The summed E-state index contributed by atoms with van der Waals surface area (Å²) < 4.78 is 26.9. The average Bonchev–Trinajstić information content (AvgIpc) is 2.55. The van der Waals surface area contributed by atoms with Crippen molar-refractivity contribution < 1.29 is 13.5 Å². The molecule has 0 amide bonds. The third-order valence-electron chi connectivity index (χ3n) is 3.40. The average molecular weight is 319 g/mol. The molecule has 5 heteroatoms. The molecule has 2 rings (SSSR count). The number of unbranched alkanes of at least 4 members (excludes halogenated alkanes) is 2. The van der Waals surface area contributed by atoms with Gasteiger partial charge in [-0.2, -0.15) is 0 Å². The van der Waals surface area contributed by atoms with Crippen molar-refractivity contribution in [3.8, 4) is 11.1 Å². The highest BCUT2D eigenvalue weighted by Crippen LogP contribution is 2.20. The maximum absolute atomic E-state index is 12.2. The van der Waals surface area contributed by atoms with E-state index in [2.05, 4.69) is 4.72 Å². The molecule has 2 aromatic rings. The van der Waals surface area contributed by atoms with Crippen LogP contribution in [0.2, 0.25) is 0 Å². The van der Waals surface area contributed by atoms with Crippen molar-refractivity contribution in [1.29, 1.82) is 0 Å². The molecule has 4 nitrogen and oxygen atoms in total. The highest BCUT2D eigenvalue weighted by molar-refractivity contribution is 7.89. The summed E-state index contributed by atoms with van der Waals surface area (Å²) in [7, 11) is -3.46. The molecule has 0 radical (unpaired) electrons. The van der Waals surface area contributed by atoms with Crippen LogP contribution in [0.15, 0.2) is 59.5 Å². The molecule has 0 fully saturated rings. The van der Waals surface area contributed by atoms with Crippen molar-refractivity contribution in [3.05, 3.63) is 54.6 Å². The smallest absolute Gasteiger partial charge is 0.240 e. The summed E-state index contributed by atoms with van der Waals surface area (Å²) in [4.78, 5) is 0.273. The predicted molar refractivity (Wildman–Crippen MR) is 88.0 cm³/mol. The fourth-order valence-corrected chi connectivity index (χ4v) is 3.23. The van der Waals surface area contributed by atoms with Gasteiger partial charge in [0, 0.05) is 13.2 Å². The first kappa shape index (κ1) is 16.7. The fraction of sp³-hybridized carbons (Fsp3) is 0.294. The van der Waals surface area contributed by atoms with E-state index in [0.29, 0.717) is 13.0 Å². The van der Waals surface area contributed by atoms with Crippen LogP contribution in [0.25, 0.3) is 11.1 Å². The van der Waals surface area contributed by atoms with Gasteiger partial charge in [0.15, 0.2) is 0 Å². The second-order valence-corrected chi connectivity index (χ2v) is 6.84. The molecular formula is C17H21NO3S. The van der Waals surface area contributed by atoms with E-state index in [1.165, 1.54) is 0 Å². The lowest BCUT2D eigenvalue weighted by molar-refractivity contribution is 0.283. The first-order valence-electron chi connectivity index (χ1n) is 7.39. The Morgan fingerprint density at radius 3 is 2.09 bits per heavy atom. The van der Waals surface area contributed by atoms with Gasteiger partial charge in [0.05, 0.1) is 4.90 Å². The van der Waals surface area contributed by atoms with Gasteiger partial charge in [0.1, 0.15) is 0 Å². The molecule has 0 saturated heterocycles. The number of hydrogen-bond donors (Lipinski definition) is 2.